The van der Waals surface area contributed by atoms with Crippen LogP contribution < -0.4 is 5.32 Å². The molecule has 15 heavy (non-hydrogen) atoms. The number of nitrogens with one attached hydrogen (secondary N) is 1. The van der Waals surface area contributed by atoms with E-state index >= 15 is 0 Å². The molecular formula is C9H12FN3OS. The van der Waals surface area contributed by atoms with Crippen LogP contribution in [0.2, 0.25) is 0 Å². The Morgan fingerprint density at radius 3 is 3.13 bits per heavy atom. The van der Waals surface area contributed by atoms with E-state index < -0.39 is 0 Å². The molecule has 1 aromatic rings. The molecule has 0 aromatic carbocycles. The number of halogens is 1. The molecule has 1 aromatic heterocycles. The Morgan fingerprint density at radius 2 is 2.47 bits per heavy atom. The normalized spacial score (nSPS) is 10.0. The Kier molecular flexibility index (Phi) is 5.03. The summed E-state index contributed by atoms with van der Waals surface area (Å²) in [6.45, 7) is 2.62. The fraction of sp³-hybridized carbons (Fsp3) is 0.444. The van der Waals surface area contributed by atoms with Crippen molar-refractivity contribution in [3.05, 3.63) is 17.8 Å². The average molecular weight is 229 g/mol. The molecule has 6 heteroatoms. The van der Waals surface area contributed by atoms with Crippen molar-refractivity contribution in [2.75, 3.05) is 6.54 Å². The van der Waals surface area contributed by atoms with E-state index in [-0.39, 0.29) is 28.6 Å². The standard InChI is InChI=1S/C9H12FN3OS/c1-2-3-5-11-8(14)7-4-6-12-13-9(7)15-10/h4,6H,2-3,5H2,1H3,(H,11,14). The molecule has 0 bridgehead atoms. The van der Waals surface area contributed by atoms with E-state index in [1.54, 1.807) is 0 Å². The summed E-state index contributed by atoms with van der Waals surface area (Å²) in [5.74, 6) is -0.307. The van der Waals surface area contributed by atoms with Gasteiger partial charge in [-0.05, 0) is 12.5 Å². The van der Waals surface area contributed by atoms with Crippen molar-refractivity contribution in [3.63, 3.8) is 0 Å². The quantitative estimate of drug-likeness (QED) is 0.784. The van der Waals surface area contributed by atoms with Crippen LogP contribution in [0.15, 0.2) is 17.3 Å². The molecule has 82 valence electrons. The van der Waals surface area contributed by atoms with Crippen LogP contribution in [0.4, 0.5) is 3.89 Å². The summed E-state index contributed by atoms with van der Waals surface area (Å²) >= 11 is -0.0715. The predicted molar refractivity (Wildman–Crippen MR) is 56.2 cm³/mol. The van der Waals surface area contributed by atoms with Gasteiger partial charge in [0.1, 0.15) is 12.1 Å². The third-order valence-electron chi connectivity index (χ3n) is 1.82. The lowest BCUT2D eigenvalue weighted by molar-refractivity contribution is 0.0949. The van der Waals surface area contributed by atoms with Crippen molar-refractivity contribution >= 4 is 18.1 Å². The van der Waals surface area contributed by atoms with Crippen LogP contribution in [0.5, 0.6) is 0 Å². The van der Waals surface area contributed by atoms with Crippen molar-refractivity contribution in [3.8, 4) is 0 Å². The van der Waals surface area contributed by atoms with Gasteiger partial charge in [-0.15, -0.1) is 5.10 Å². The zero-order chi connectivity index (χ0) is 11.1. The van der Waals surface area contributed by atoms with Crippen LogP contribution in [0, 0.1) is 0 Å². The van der Waals surface area contributed by atoms with Crippen LogP contribution in [-0.4, -0.2) is 22.6 Å². The lowest BCUT2D eigenvalue weighted by atomic mass is 10.3. The first-order chi connectivity index (χ1) is 7.29. The van der Waals surface area contributed by atoms with Gasteiger partial charge in [0.15, 0.2) is 5.03 Å². The zero-order valence-corrected chi connectivity index (χ0v) is 9.18. The third kappa shape index (κ3) is 3.47. The van der Waals surface area contributed by atoms with Crippen LogP contribution in [0.3, 0.4) is 0 Å². The lowest BCUT2D eigenvalue weighted by Crippen LogP contribution is -2.25. The number of hydrogen-bond acceptors (Lipinski definition) is 4. The predicted octanol–water partition coefficient (Wildman–Crippen LogP) is 1.98. The number of carbonyl (C=O) groups is 1. The molecule has 0 radical (unpaired) electrons. The topological polar surface area (TPSA) is 54.9 Å². The highest BCUT2D eigenvalue weighted by Crippen LogP contribution is 2.19. The first-order valence-corrected chi connectivity index (χ1v) is 5.39. The number of nitrogens with zero attached hydrogens (tertiary/aromatic N) is 2. The van der Waals surface area contributed by atoms with Crippen molar-refractivity contribution in [1.29, 1.82) is 0 Å². The van der Waals surface area contributed by atoms with Crippen molar-refractivity contribution in [1.82, 2.24) is 15.5 Å². The molecule has 0 saturated carbocycles. The minimum Gasteiger partial charge on any atom is -0.352 e. The van der Waals surface area contributed by atoms with Gasteiger partial charge in [-0.3, -0.25) is 4.79 Å². The van der Waals surface area contributed by atoms with Crippen LogP contribution in [-0.2, 0) is 0 Å². The summed E-state index contributed by atoms with van der Waals surface area (Å²) in [7, 11) is 0. The number of aromatic nitrogens is 2. The highest BCUT2D eigenvalue weighted by atomic mass is 32.2. The molecule has 0 aliphatic heterocycles. The van der Waals surface area contributed by atoms with Gasteiger partial charge in [0.25, 0.3) is 5.91 Å². The van der Waals surface area contributed by atoms with E-state index in [9.17, 15) is 8.68 Å². The minimum absolute atomic E-state index is 0.00602. The monoisotopic (exact) mass is 229 g/mol. The summed E-state index contributed by atoms with van der Waals surface area (Å²) < 4.78 is 12.4. The molecule has 1 heterocycles. The molecule has 4 nitrogen and oxygen atoms in total. The van der Waals surface area contributed by atoms with Gasteiger partial charge in [0, 0.05) is 6.54 Å². The molecule has 1 rings (SSSR count). The highest BCUT2D eigenvalue weighted by Gasteiger charge is 2.12. The van der Waals surface area contributed by atoms with Gasteiger partial charge in [-0.2, -0.15) is 8.98 Å². The minimum atomic E-state index is -0.307. The third-order valence-corrected chi connectivity index (χ3v) is 2.27. The van der Waals surface area contributed by atoms with Gasteiger partial charge >= 0.3 is 0 Å². The molecule has 0 aliphatic carbocycles. The van der Waals surface area contributed by atoms with Gasteiger partial charge in [0.2, 0.25) is 0 Å². The fourth-order valence-corrected chi connectivity index (χ4v) is 1.34. The maximum absolute atomic E-state index is 12.4. The number of unbranched alkanes of at least 4 members (excludes halogenated alkanes) is 1. The molecule has 0 saturated heterocycles. The molecular weight excluding hydrogens is 217 g/mol. The van der Waals surface area contributed by atoms with Crippen LogP contribution in [0.1, 0.15) is 30.1 Å². The largest absolute Gasteiger partial charge is 0.352 e. The molecule has 0 fully saturated rings. The van der Waals surface area contributed by atoms with Crippen molar-refractivity contribution in [2.45, 2.75) is 24.8 Å². The Labute approximate surface area is 92.0 Å². The van der Waals surface area contributed by atoms with Gasteiger partial charge in [0.05, 0.1) is 11.8 Å². The van der Waals surface area contributed by atoms with Crippen LogP contribution >= 0.6 is 12.1 Å². The summed E-state index contributed by atoms with van der Waals surface area (Å²) in [5, 5.41) is 9.72. The van der Waals surface area contributed by atoms with E-state index in [2.05, 4.69) is 15.5 Å². The number of amides is 1. The summed E-state index contributed by atoms with van der Waals surface area (Å²) in [5.41, 5.74) is 0.230. The smallest absolute Gasteiger partial charge is 0.254 e. The van der Waals surface area contributed by atoms with E-state index in [0.29, 0.717) is 6.54 Å². The molecule has 1 N–H and O–H groups in total. The Hall–Kier alpha value is -1.17. The second-order valence-corrected chi connectivity index (χ2v) is 3.48. The molecule has 0 aliphatic rings. The van der Waals surface area contributed by atoms with Crippen molar-refractivity contribution in [2.24, 2.45) is 0 Å². The SMILES string of the molecule is CCCCNC(=O)c1ccnnc1SF. The Bertz CT molecular complexity index is 335. The summed E-state index contributed by atoms with van der Waals surface area (Å²) in [4.78, 5) is 11.5. The molecule has 0 spiro atoms. The summed E-state index contributed by atoms with van der Waals surface area (Å²) in [6, 6.07) is 1.45. The molecule has 1 amide bonds. The lowest BCUT2D eigenvalue weighted by Gasteiger charge is -2.04. The fourth-order valence-electron chi connectivity index (χ4n) is 1.02. The Balaban J connectivity index is 2.64. The van der Waals surface area contributed by atoms with Gasteiger partial charge < -0.3 is 5.32 Å². The maximum atomic E-state index is 12.4. The van der Waals surface area contributed by atoms with Crippen LogP contribution in [0.25, 0.3) is 0 Å². The highest BCUT2D eigenvalue weighted by molar-refractivity contribution is 7.94. The van der Waals surface area contributed by atoms with Gasteiger partial charge in [-0.25, -0.2) is 0 Å². The number of carbonyl (C=O) groups excluding carboxylic acids is 1. The average Bonchev–Trinajstić information content (AvgIpc) is 2.29. The maximum Gasteiger partial charge on any atom is 0.254 e. The first kappa shape index (κ1) is 11.9. The molecule has 0 unspecified atom stereocenters. The second kappa shape index (κ2) is 6.34. The van der Waals surface area contributed by atoms with E-state index in [1.165, 1.54) is 12.3 Å². The van der Waals surface area contributed by atoms with E-state index in [1.807, 2.05) is 6.92 Å². The summed E-state index contributed by atoms with van der Waals surface area (Å²) in [6.07, 6.45) is 3.27. The molecule has 0 atom stereocenters. The van der Waals surface area contributed by atoms with E-state index in [4.69, 9.17) is 0 Å². The Morgan fingerprint density at radius 1 is 1.67 bits per heavy atom. The van der Waals surface area contributed by atoms with Crippen molar-refractivity contribution < 1.29 is 8.68 Å². The second-order valence-electron chi connectivity index (χ2n) is 2.94. The van der Waals surface area contributed by atoms with E-state index in [0.717, 1.165) is 12.8 Å². The first-order valence-electron chi connectivity index (χ1n) is 4.68. The zero-order valence-electron chi connectivity index (χ0n) is 8.36. The number of hydrogen-bond donors (Lipinski definition) is 1. The number of rotatable bonds is 5. The van der Waals surface area contributed by atoms with Gasteiger partial charge in [-0.1, -0.05) is 13.3 Å².